The van der Waals surface area contributed by atoms with E-state index in [0.29, 0.717) is 0 Å². The molecule has 0 fully saturated rings. The van der Waals surface area contributed by atoms with Crippen LogP contribution in [-0.2, 0) is 17.8 Å². The molecule has 6 nitrogen and oxygen atoms in total. The second-order valence-corrected chi connectivity index (χ2v) is 5.55. The SMILES string of the molecule is O=C(Cn1nnc2ccccc21)NC1CCCc2occc21. The van der Waals surface area contributed by atoms with Crippen molar-refractivity contribution in [2.75, 3.05) is 0 Å². The Morgan fingerprint density at radius 3 is 3.23 bits per heavy atom. The second kappa shape index (κ2) is 5.29. The third kappa shape index (κ3) is 2.26. The summed E-state index contributed by atoms with van der Waals surface area (Å²) in [4.78, 5) is 12.3. The Kier molecular flexibility index (Phi) is 3.14. The van der Waals surface area contributed by atoms with Crippen molar-refractivity contribution < 1.29 is 9.21 Å². The number of carbonyl (C=O) groups is 1. The fourth-order valence-corrected chi connectivity index (χ4v) is 3.05. The summed E-state index contributed by atoms with van der Waals surface area (Å²) in [5.41, 5.74) is 2.76. The first kappa shape index (κ1) is 13.1. The van der Waals surface area contributed by atoms with E-state index in [4.69, 9.17) is 4.42 Å². The molecule has 1 N–H and O–H groups in total. The maximum absolute atomic E-state index is 12.3. The molecule has 1 amide bonds. The largest absolute Gasteiger partial charge is 0.469 e. The van der Waals surface area contributed by atoms with Gasteiger partial charge in [0.15, 0.2) is 0 Å². The van der Waals surface area contributed by atoms with Gasteiger partial charge in [0, 0.05) is 12.0 Å². The Morgan fingerprint density at radius 1 is 1.36 bits per heavy atom. The molecule has 4 rings (SSSR count). The number of carbonyl (C=O) groups excluding carboxylic acids is 1. The van der Waals surface area contributed by atoms with Gasteiger partial charge in [0.05, 0.1) is 17.8 Å². The Labute approximate surface area is 127 Å². The molecular weight excluding hydrogens is 280 g/mol. The van der Waals surface area contributed by atoms with Crippen LogP contribution in [0.5, 0.6) is 0 Å². The summed E-state index contributed by atoms with van der Waals surface area (Å²) >= 11 is 0. The highest BCUT2D eigenvalue weighted by Gasteiger charge is 2.24. The van der Waals surface area contributed by atoms with Crippen LogP contribution >= 0.6 is 0 Å². The minimum Gasteiger partial charge on any atom is -0.469 e. The van der Waals surface area contributed by atoms with Gasteiger partial charge in [-0.3, -0.25) is 4.79 Å². The van der Waals surface area contributed by atoms with Gasteiger partial charge in [0.1, 0.15) is 17.8 Å². The van der Waals surface area contributed by atoms with Crippen molar-refractivity contribution in [3.63, 3.8) is 0 Å². The minimum absolute atomic E-state index is 0.0322. The topological polar surface area (TPSA) is 73.0 Å². The molecule has 3 aromatic rings. The number of furan rings is 1. The zero-order chi connectivity index (χ0) is 14.9. The third-order valence-electron chi connectivity index (χ3n) is 4.10. The predicted molar refractivity (Wildman–Crippen MR) is 80.1 cm³/mol. The number of para-hydroxylation sites is 1. The minimum atomic E-state index is -0.0605. The standard InChI is InChI=1S/C16H16N4O2/c21-16(10-20-14-6-2-1-4-13(14)18-19-20)17-12-5-3-7-15-11(12)8-9-22-15/h1-2,4,6,8-9,12H,3,5,7,10H2,(H,17,21). The molecule has 22 heavy (non-hydrogen) atoms. The first-order valence-corrected chi connectivity index (χ1v) is 7.45. The van der Waals surface area contributed by atoms with Crippen molar-refractivity contribution in [3.05, 3.63) is 47.9 Å². The predicted octanol–water partition coefficient (Wildman–Crippen LogP) is 2.22. The van der Waals surface area contributed by atoms with Crippen molar-refractivity contribution in [2.24, 2.45) is 0 Å². The summed E-state index contributed by atoms with van der Waals surface area (Å²) in [6, 6.07) is 9.60. The summed E-state index contributed by atoms with van der Waals surface area (Å²) < 4.78 is 7.08. The molecule has 1 aromatic carbocycles. The first-order valence-electron chi connectivity index (χ1n) is 7.45. The quantitative estimate of drug-likeness (QED) is 0.804. The average Bonchev–Trinajstić information content (AvgIpc) is 3.15. The van der Waals surface area contributed by atoms with Gasteiger partial charge < -0.3 is 9.73 Å². The van der Waals surface area contributed by atoms with Gasteiger partial charge in [-0.15, -0.1) is 5.10 Å². The maximum Gasteiger partial charge on any atom is 0.242 e. The van der Waals surface area contributed by atoms with E-state index in [-0.39, 0.29) is 18.5 Å². The van der Waals surface area contributed by atoms with Crippen molar-refractivity contribution in [1.82, 2.24) is 20.3 Å². The summed E-state index contributed by atoms with van der Waals surface area (Å²) in [5.74, 6) is 0.928. The molecule has 1 aliphatic rings. The van der Waals surface area contributed by atoms with Crippen LogP contribution in [0.15, 0.2) is 41.0 Å². The number of benzene rings is 1. The lowest BCUT2D eigenvalue weighted by atomic mass is 9.93. The fourth-order valence-electron chi connectivity index (χ4n) is 3.05. The molecule has 0 saturated carbocycles. The van der Waals surface area contributed by atoms with Crippen molar-refractivity contribution in [1.29, 1.82) is 0 Å². The van der Waals surface area contributed by atoms with Crippen LogP contribution in [0.1, 0.15) is 30.2 Å². The Morgan fingerprint density at radius 2 is 2.27 bits per heavy atom. The number of rotatable bonds is 3. The molecule has 0 aliphatic heterocycles. The van der Waals surface area contributed by atoms with E-state index in [2.05, 4.69) is 15.6 Å². The van der Waals surface area contributed by atoms with Crippen LogP contribution in [0.25, 0.3) is 11.0 Å². The Balaban J connectivity index is 1.50. The number of fused-ring (bicyclic) bond motifs is 2. The number of nitrogens with one attached hydrogen (secondary N) is 1. The molecule has 0 spiro atoms. The lowest BCUT2D eigenvalue weighted by molar-refractivity contribution is -0.122. The molecule has 1 unspecified atom stereocenters. The number of aryl methyl sites for hydroxylation is 1. The van der Waals surface area contributed by atoms with Gasteiger partial charge in [0.25, 0.3) is 0 Å². The van der Waals surface area contributed by atoms with E-state index in [9.17, 15) is 4.79 Å². The summed E-state index contributed by atoms with van der Waals surface area (Å²) in [6.45, 7) is 0.171. The normalized spacial score (nSPS) is 17.4. The van der Waals surface area contributed by atoms with Crippen LogP contribution in [0.3, 0.4) is 0 Å². The van der Waals surface area contributed by atoms with Crippen LogP contribution in [0.4, 0.5) is 0 Å². The second-order valence-electron chi connectivity index (χ2n) is 5.55. The van der Waals surface area contributed by atoms with Gasteiger partial charge in [-0.1, -0.05) is 17.3 Å². The molecule has 112 valence electrons. The van der Waals surface area contributed by atoms with E-state index in [1.807, 2.05) is 30.3 Å². The van der Waals surface area contributed by atoms with Crippen LogP contribution in [-0.4, -0.2) is 20.9 Å². The molecule has 0 bridgehead atoms. The van der Waals surface area contributed by atoms with Gasteiger partial charge in [-0.05, 0) is 31.0 Å². The molecule has 1 aliphatic carbocycles. The van der Waals surface area contributed by atoms with E-state index in [1.54, 1.807) is 10.9 Å². The van der Waals surface area contributed by atoms with Crippen molar-refractivity contribution in [3.8, 4) is 0 Å². The summed E-state index contributed by atoms with van der Waals surface area (Å²) in [5, 5.41) is 11.2. The highest BCUT2D eigenvalue weighted by molar-refractivity contribution is 5.80. The van der Waals surface area contributed by atoms with Gasteiger partial charge in [-0.2, -0.15) is 0 Å². The van der Waals surface area contributed by atoms with Crippen LogP contribution < -0.4 is 5.32 Å². The summed E-state index contributed by atoms with van der Waals surface area (Å²) in [6.07, 6.45) is 4.61. The smallest absolute Gasteiger partial charge is 0.242 e. The van der Waals surface area contributed by atoms with E-state index < -0.39 is 0 Å². The molecule has 0 radical (unpaired) electrons. The Hall–Kier alpha value is -2.63. The van der Waals surface area contributed by atoms with Gasteiger partial charge in [-0.25, -0.2) is 4.68 Å². The average molecular weight is 296 g/mol. The van der Waals surface area contributed by atoms with E-state index in [1.165, 1.54) is 0 Å². The lowest BCUT2D eigenvalue weighted by Gasteiger charge is -2.22. The highest BCUT2D eigenvalue weighted by atomic mass is 16.3. The number of hydrogen-bond donors (Lipinski definition) is 1. The zero-order valence-corrected chi connectivity index (χ0v) is 12.0. The van der Waals surface area contributed by atoms with Crippen molar-refractivity contribution in [2.45, 2.75) is 31.8 Å². The molecule has 1 atom stereocenters. The van der Waals surface area contributed by atoms with Crippen LogP contribution in [0.2, 0.25) is 0 Å². The third-order valence-corrected chi connectivity index (χ3v) is 4.10. The first-order chi connectivity index (χ1) is 10.8. The number of aromatic nitrogens is 3. The maximum atomic E-state index is 12.3. The monoisotopic (exact) mass is 296 g/mol. The van der Waals surface area contributed by atoms with E-state index >= 15 is 0 Å². The highest BCUT2D eigenvalue weighted by Crippen LogP contribution is 2.30. The number of amides is 1. The zero-order valence-electron chi connectivity index (χ0n) is 12.0. The molecule has 2 aromatic heterocycles. The molecule has 6 heteroatoms. The number of hydrogen-bond acceptors (Lipinski definition) is 4. The molecular formula is C16H16N4O2. The lowest BCUT2D eigenvalue weighted by Crippen LogP contribution is -2.33. The van der Waals surface area contributed by atoms with Gasteiger partial charge >= 0.3 is 0 Å². The fraction of sp³-hybridized carbons (Fsp3) is 0.312. The van der Waals surface area contributed by atoms with Crippen molar-refractivity contribution >= 4 is 16.9 Å². The number of nitrogens with zero attached hydrogens (tertiary/aromatic N) is 3. The van der Waals surface area contributed by atoms with Gasteiger partial charge in [0.2, 0.25) is 5.91 Å². The Bertz CT molecular complexity index is 820. The van der Waals surface area contributed by atoms with Crippen LogP contribution in [0, 0.1) is 0 Å². The molecule has 0 saturated heterocycles. The van der Waals surface area contributed by atoms with E-state index in [0.717, 1.165) is 41.6 Å². The summed E-state index contributed by atoms with van der Waals surface area (Å²) in [7, 11) is 0. The molecule has 2 heterocycles.